The van der Waals surface area contributed by atoms with Gasteiger partial charge in [-0.1, -0.05) is 57.9 Å². The Bertz CT molecular complexity index is 945. The third-order valence-electron chi connectivity index (χ3n) is 11.8. The molecule has 0 aromatic heterocycles. The SMILES string of the molecule is CC(=O)CCCCO[C@@H](C)[C@H]1CC[C@H]2C3=CC=C4C[C@@H](O)C[C@H](O[Si](C)(C)C(C)(C)C)[C@]4(C)[C@H]3CC[C@]12C. The molecular weight excluding hydrogens is 488 g/mol. The Balaban J connectivity index is 1.53. The maximum Gasteiger partial charge on any atom is 0.192 e. The van der Waals surface area contributed by atoms with E-state index < -0.39 is 8.32 Å². The van der Waals surface area contributed by atoms with E-state index in [1.54, 1.807) is 12.5 Å². The molecule has 0 spiro atoms. The third kappa shape index (κ3) is 5.43. The van der Waals surface area contributed by atoms with Crippen molar-refractivity contribution in [3.8, 4) is 0 Å². The molecule has 3 saturated carbocycles. The van der Waals surface area contributed by atoms with Crippen LogP contribution in [-0.2, 0) is 14.0 Å². The van der Waals surface area contributed by atoms with Gasteiger partial charge in [0.25, 0.3) is 0 Å². The van der Waals surface area contributed by atoms with Gasteiger partial charge in [-0.05, 0) is 107 Å². The first-order valence-electron chi connectivity index (χ1n) is 15.5. The van der Waals surface area contributed by atoms with Crippen LogP contribution in [0.2, 0.25) is 18.1 Å². The second-order valence-electron chi connectivity index (χ2n) is 15.2. The van der Waals surface area contributed by atoms with Gasteiger partial charge in [0, 0.05) is 18.4 Å². The summed E-state index contributed by atoms with van der Waals surface area (Å²) in [6, 6.07) is 0. The summed E-state index contributed by atoms with van der Waals surface area (Å²) in [5.41, 5.74) is 3.31. The van der Waals surface area contributed by atoms with Crippen LogP contribution in [-0.4, -0.2) is 44.1 Å². The van der Waals surface area contributed by atoms with Gasteiger partial charge in [-0.2, -0.15) is 0 Å². The minimum Gasteiger partial charge on any atom is -0.413 e. The van der Waals surface area contributed by atoms with Crippen LogP contribution in [0.25, 0.3) is 0 Å². The highest BCUT2D eigenvalue weighted by molar-refractivity contribution is 6.74. The molecule has 216 valence electrons. The van der Waals surface area contributed by atoms with E-state index in [-0.39, 0.29) is 40.0 Å². The molecule has 4 aliphatic rings. The van der Waals surface area contributed by atoms with Crippen LogP contribution >= 0.6 is 0 Å². The second-order valence-corrected chi connectivity index (χ2v) is 19.9. The minimum atomic E-state index is -1.99. The molecule has 8 atom stereocenters. The van der Waals surface area contributed by atoms with Crippen molar-refractivity contribution in [3.05, 3.63) is 23.3 Å². The monoisotopic (exact) mass is 544 g/mol. The van der Waals surface area contributed by atoms with Crippen LogP contribution in [0, 0.1) is 28.6 Å². The molecule has 4 aliphatic carbocycles. The predicted octanol–water partition coefficient (Wildman–Crippen LogP) is 8.01. The van der Waals surface area contributed by atoms with Gasteiger partial charge in [0.05, 0.1) is 18.3 Å². The molecule has 0 aromatic carbocycles. The van der Waals surface area contributed by atoms with E-state index in [0.717, 1.165) is 32.3 Å². The van der Waals surface area contributed by atoms with Gasteiger partial charge < -0.3 is 19.1 Å². The molecule has 0 aliphatic heterocycles. The van der Waals surface area contributed by atoms with Crippen LogP contribution < -0.4 is 0 Å². The number of allylic oxidation sites excluding steroid dienone is 3. The Morgan fingerprint density at radius 2 is 1.84 bits per heavy atom. The molecule has 0 unspecified atom stereocenters. The van der Waals surface area contributed by atoms with Gasteiger partial charge in [-0.3, -0.25) is 0 Å². The zero-order valence-corrected chi connectivity index (χ0v) is 26.9. The molecule has 0 saturated heterocycles. The van der Waals surface area contributed by atoms with Gasteiger partial charge in [-0.15, -0.1) is 0 Å². The van der Waals surface area contributed by atoms with Crippen LogP contribution in [0.5, 0.6) is 0 Å². The molecule has 4 rings (SSSR count). The summed E-state index contributed by atoms with van der Waals surface area (Å²) in [6.45, 7) is 21.4. The van der Waals surface area contributed by atoms with Crippen molar-refractivity contribution in [2.24, 2.45) is 28.6 Å². The standard InChI is InChI=1S/C33H56O4Si/c1-22(34)12-10-11-19-36-23(2)27-15-16-28-26-14-13-24-20-25(35)21-30(37-38(8,9)31(3,4)5)33(24,7)29(26)17-18-32(27,28)6/h13-14,23,25,27-30,35H,10-12,15-21H2,1-9H3/t23-,25+,27+,28-,29-,30-,32+,33-/m0/s1. The summed E-state index contributed by atoms with van der Waals surface area (Å²) in [4.78, 5) is 11.3. The number of fused-ring (bicyclic) bond motifs is 5. The van der Waals surface area contributed by atoms with Crippen molar-refractivity contribution in [2.75, 3.05) is 6.61 Å². The molecule has 4 nitrogen and oxygen atoms in total. The fraction of sp³-hybridized carbons (Fsp3) is 0.848. The van der Waals surface area contributed by atoms with Gasteiger partial charge in [0.2, 0.25) is 0 Å². The molecule has 0 radical (unpaired) electrons. The molecule has 0 bridgehead atoms. The number of Topliss-reactive ketones (excluding diaryl/α,β-unsaturated/α-hetero) is 1. The number of ketones is 1. The van der Waals surface area contributed by atoms with Crippen molar-refractivity contribution in [2.45, 2.75) is 143 Å². The number of hydrogen-bond donors (Lipinski definition) is 1. The number of carbonyl (C=O) groups excluding carboxylic acids is 1. The molecular formula is C33H56O4Si. The smallest absolute Gasteiger partial charge is 0.192 e. The minimum absolute atomic E-state index is 0.0307. The number of unbranched alkanes of at least 4 members (excludes halogenated alkanes) is 1. The van der Waals surface area contributed by atoms with Crippen LogP contribution in [0.1, 0.15) is 106 Å². The highest BCUT2D eigenvalue weighted by atomic mass is 28.4. The van der Waals surface area contributed by atoms with Crippen molar-refractivity contribution < 1.29 is 19.1 Å². The Morgan fingerprint density at radius 3 is 2.50 bits per heavy atom. The zero-order valence-electron chi connectivity index (χ0n) is 25.9. The van der Waals surface area contributed by atoms with E-state index >= 15 is 0 Å². The van der Waals surface area contributed by atoms with Crippen molar-refractivity contribution in [3.63, 3.8) is 0 Å². The molecule has 5 heteroatoms. The Morgan fingerprint density at radius 1 is 1.13 bits per heavy atom. The number of aliphatic hydroxyl groups is 1. The van der Waals surface area contributed by atoms with E-state index in [1.165, 1.54) is 31.3 Å². The molecule has 38 heavy (non-hydrogen) atoms. The normalized spacial score (nSPS) is 38.0. The lowest BCUT2D eigenvalue weighted by Gasteiger charge is -2.58. The number of rotatable bonds is 9. The fourth-order valence-corrected chi connectivity index (χ4v) is 9.80. The van der Waals surface area contributed by atoms with Crippen LogP contribution in [0.3, 0.4) is 0 Å². The first-order valence-corrected chi connectivity index (χ1v) is 18.4. The summed E-state index contributed by atoms with van der Waals surface area (Å²) in [5.74, 6) is 1.96. The molecule has 0 amide bonds. The summed E-state index contributed by atoms with van der Waals surface area (Å²) >= 11 is 0. The van der Waals surface area contributed by atoms with Crippen molar-refractivity contribution in [1.82, 2.24) is 0 Å². The number of hydrogen-bond acceptors (Lipinski definition) is 4. The topological polar surface area (TPSA) is 55.8 Å². The summed E-state index contributed by atoms with van der Waals surface area (Å²) in [5, 5.41) is 11.0. The van der Waals surface area contributed by atoms with E-state index in [9.17, 15) is 9.90 Å². The molecule has 3 fully saturated rings. The quantitative estimate of drug-likeness (QED) is 0.236. The summed E-state index contributed by atoms with van der Waals surface area (Å²) in [6.07, 6.45) is 13.9. The highest BCUT2D eigenvalue weighted by Crippen LogP contribution is 2.66. The lowest BCUT2D eigenvalue weighted by Crippen LogP contribution is -2.57. The summed E-state index contributed by atoms with van der Waals surface area (Å²) < 4.78 is 13.6. The average molecular weight is 545 g/mol. The van der Waals surface area contributed by atoms with Crippen LogP contribution in [0.4, 0.5) is 0 Å². The second kappa shape index (κ2) is 10.9. The Kier molecular flexibility index (Phi) is 8.67. The van der Waals surface area contributed by atoms with E-state index in [4.69, 9.17) is 9.16 Å². The van der Waals surface area contributed by atoms with Gasteiger partial charge in [0.15, 0.2) is 8.32 Å². The lowest BCUT2D eigenvalue weighted by atomic mass is 9.49. The third-order valence-corrected chi connectivity index (χ3v) is 16.3. The van der Waals surface area contributed by atoms with E-state index in [1.807, 2.05) is 0 Å². The predicted molar refractivity (Wildman–Crippen MR) is 159 cm³/mol. The van der Waals surface area contributed by atoms with Gasteiger partial charge in [-0.25, -0.2) is 0 Å². The van der Waals surface area contributed by atoms with Gasteiger partial charge in [0.1, 0.15) is 5.78 Å². The number of carbonyl (C=O) groups is 1. The molecule has 0 aromatic rings. The maximum atomic E-state index is 11.3. The van der Waals surface area contributed by atoms with Crippen molar-refractivity contribution >= 4 is 14.1 Å². The van der Waals surface area contributed by atoms with Crippen molar-refractivity contribution in [1.29, 1.82) is 0 Å². The zero-order chi connectivity index (χ0) is 28.1. The first kappa shape index (κ1) is 30.2. The number of ether oxygens (including phenoxy) is 1. The fourth-order valence-electron chi connectivity index (χ4n) is 8.40. The number of aliphatic hydroxyl groups excluding tert-OH is 1. The van der Waals surface area contributed by atoms with E-state index in [2.05, 4.69) is 66.8 Å². The molecule has 1 N–H and O–H groups in total. The maximum absolute atomic E-state index is 11.3. The summed E-state index contributed by atoms with van der Waals surface area (Å²) in [7, 11) is -1.99. The largest absolute Gasteiger partial charge is 0.413 e. The van der Waals surface area contributed by atoms with Gasteiger partial charge >= 0.3 is 0 Å². The average Bonchev–Trinajstić information content (AvgIpc) is 3.16. The Hall–Kier alpha value is -0.753. The highest BCUT2D eigenvalue weighted by Gasteiger charge is 2.60. The first-order chi connectivity index (χ1) is 17.6. The van der Waals surface area contributed by atoms with Crippen LogP contribution in [0.15, 0.2) is 23.3 Å². The molecule has 0 heterocycles. The lowest BCUT2D eigenvalue weighted by molar-refractivity contribution is -0.117. The Labute approximate surface area is 234 Å². The van der Waals surface area contributed by atoms with E-state index in [0.29, 0.717) is 24.2 Å².